The van der Waals surface area contributed by atoms with Gasteiger partial charge in [-0.1, -0.05) is 11.6 Å². The summed E-state index contributed by atoms with van der Waals surface area (Å²) in [6.07, 6.45) is -2.65. The molecule has 0 saturated heterocycles. The number of ether oxygens (including phenoxy) is 1. The van der Waals surface area contributed by atoms with Crippen LogP contribution in [0, 0.1) is 0 Å². The van der Waals surface area contributed by atoms with Crippen LogP contribution in [0.1, 0.15) is 10.4 Å². The Morgan fingerprint density at radius 2 is 2.27 bits per heavy atom. The zero-order valence-electron chi connectivity index (χ0n) is 7.28. The number of carbonyl (C=O) groups is 1. The largest absolute Gasteiger partial charge is 0.478 e. The van der Waals surface area contributed by atoms with Crippen LogP contribution in [-0.4, -0.2) is 29.1 Å². The van der Waals surface area contributed by atoms with E-state index in [0.29, 0.717) is 0 Å². The van der Waals surface area contributed by atoms with Gasteiger partial charge >= 0.3 is 5.97 Å². The Balaban J connectivity index is 2.84. The molecule has 7 heteroatoms. The van der Waals surface area contributed by atoms with Gasteiger partial charge in [0.25, 0.3) is 6.43 Å². The Kier molecular flexibility index (Phi) is 3.79. The van der Waals surface area contributed by atoms with Crippen LogP contribution in [0.3, 0.4) is 0 Å². The minimum absolute atomic E-state index is 0.126. The highest BCUT2D eigenvalue weighted by molar-refractivity contribution is 6.29. The summed E-state index contributed by atoms with van der Waals surface area (Å²) >= 11 is 5.47. The van der Waals surface area contributed by atoms with E-state index in [1.54, 1.807) is 0 Å². The topological polar surface area (TPSA) is 59.4 Å². The van der Waals surface area contributed by atoms with E-state index in [2.05, 4.69) is 9.72 Å². The number of rotatable bonds is 4. The second-order valence-corrected chi connectivity index (χ2v) is 2.91. The van der Waals surface area contributed by atoms with Gasteiger partial charge in [-0.3, -0.25) is 0 Å². The molecule has 0 atom stereocenters. The van der Waals surface area contributed by atoms with Crippen LogP contribution in [0.4, 0.5) is 8.78 Å². The molecule has 1 aromatic rings. The summed E-state index contributed by atoms with van der Waals surface area (Å²) in [7, 11) is 0. The van der Waals surface area contributed by atoms with Crippen molar-refractivity contribution in [1.29, 1.82) is 0 Å². The predicted molar refractivity (Wildman–Crippen MR) is 47.7 cm³/mol. The molecule has 0 aliphatic carbocycles. The number of halogens is 3. The summed E-state index contributed by atoms with van der Waals surface area (Å²) in [5, 5.41) is 8.50. The molecule has 0 bridgehead atoms. The first-order chi connectivity index (χ1) is 6.99. The van der Waals surface area contributed by atoms with Gasteiger partial charge in [-0.2, -0.15) is 0 Å². The zero-order valence-corrected chi connectivity index (χ0v) is 8.04. The molecule has 0 amide bonds. The van der Waals surface area contributed by atoms with Crippen LogP contribution in [0.5, 0.6) is 5.88 Å². The molecule has 0 radical (unpaired) electrons. The van der Waals surface area contributed by atoms with E-state index in [9.17, 15) is 13.6 Å². The number of nitrogens with zero attached hydrogens (tertiary/aromatic N) is 1. The fraction of sp³-hybridized carbons (Fsp3) is 0.250. The SMILES string of the molecule is O=C(O)c1cc(Cl)nc(OCC(F)F)c1. The van der Waals surface area contributed by atoms with Crippen molar-refractivity contribution in [3.05, 3.63) is 22.8 Å². The Labute approximate surface area is 88.4 Å². The van der Waals surface area contributed by atoms with Crippen molar-refractivity contribution in [3.8, 4) is 5.88 Å². The third kappa shape index (κ3) is 3.67. The fourth-order valence-corrected chi connectivity index (χ4v) is 1.02. The maximum absolute atomic E-state index is 11.8. The maximum atomic E-state index is 11.8. The molecular weight excluding hydrogens is 232 g/mol. The zero-order chi connectivity index (χ0) is 11.4. The van der Waals surface area contributed by atoms with Crippen molar-refractivity contribution >= 4 is 17.6 Å². The van der Waals surface area contributed by atoms with Crippen LogP contribution < -0.4 is 4.74 Å². The summed E-state index contributed by atoms with van der Waals surface area (Å²) in [4.78, 5) is 14.1. The predicted octanol–water partition coefficient (Wildman–Crippen LogP) is 2.08. The molecule has 4 nitrogen and oxygen atoms in total. The van der Waals surface area contributed by atoms with Crippen LogP contribution in [0.2, 0.25) is 5.15 Å². The van der Waals surface area contributed by atoms with Crippen molar-refractivity contribution in [2.45, 2.75) is 6.43 Å². The van der Waals surface area contributed by atoms with Crippen molar-refractivity contribution < 1.29 is 23.4 Å². The molecule has 0 spiro atoms. The molecule has 15 heavy (non-hydrogen) atoms. The Bertz CT molecular complexity index is 373. The summed E-state index contributed by atoms with van der Waals surface area (Å²) < 4.78 is 28.1. The molecule has 1 aromatic heterocycles. The van der Waals surface area contributed by atoms with Crippen LogP contribution in [-0.2, 0) is 0 Å². The van der Waals surface area contributed by atoms with Gasteiger partial charge in [0.15, 0.2) is 6.61 Å². The first-order valence-electron chi connectivity index (χ1n) is 3.81. The second kappa shape index (κ2) is 4.88. The third-order valence-corrected chi connectivity index (χ3v) is 1.57. The van der Waals surface area contributed by atoms with Gasteiger partial charge in [-0.15, -0.1) is 0 Å². The Morgan fingerprint density at radius 1 is 1.60 bits per heavy atom. The lowest BCUT2D eigenvalue weighted by Gasteiger charge is -2.05. The molecule has 0 aliphatic rings. The molecule has 1 heterocycles. The number of alkyl halides is 2. The third-order valence-electron chi connectivity index (χ3n) is 1.37. The summed E-state index contributed by atoms with van der Waals surface area (Å²) in [5.74, 6) is -1.47. The number of carboxylic acid groups (broad SMARTS) is 1. The lowest BCUT2D eigenvalue weighted by molar-refractivity contribution is 0.0694. The smallest absolute Gasteiger partial charge is 0.335 e. The summed E-state index contributed by atoms with van der Waals surface area (Å²) in [6.45, 7) is -0.855. The van der Waals surface area contributed by atoms with E-state index in [-0.39, 0.29) is 16.6 Å². The summed E-state index contributed by atoms with van der Waals surface area (Å²) in [6, 6.07) is 2.12. The van der Waals surface area contributed by atoms with Crippen molar-refractivity contribution in [2.24, 2.45) is 0 Å². The first kappa shape index (κ1) is 11.6. The Morgan fingerprint density at radius 3 is 2.80 bits per heavy atom. The average molecular weight is 238 g/mol. The van der Waals surface area contributed by atoms with Crippen LogP contribution in [0.15, 0.2) is 12.1 Å². The average Bonchev–Trinajstić information content (AvgIpc) is 2.13. The normalized spacial score (nSPS) is 10.4. The Hall–Kier alpha value is -1.43. The van der Waals surface area contributed by atoms with E-state index < -0.39 is 19.0 Å². The van der Waals surface area contributed by atoms with Crippen molar-refractivity contribution in [3.63, 3.8) is 0 Å². The van der Waals surface area contributed by atoms with E-state index in [0.717, 1.165) is 12.1 Å². The van der Waals surface area contributed by atoms with Crippen molar-refractivity contribution in [1.82, 2.24) is 4.98 Å². The monoisotopic (exact) mass is 237 g/mol. The number of aromatic nitrogens is 1. The highest BCUT2D eigenvalue weighted by Gasteiger charge is 2.10. The van der Waals surface area contributed by atoms with E-state index >= 15 is 0 Å². The molecular formula is C8H6ClF2NO3. The minimum Gasteiger partial charge on any atom is -0.478 e. The van der Waals surface area contributed by atoms with E-state index in [4.69, 9.17) is 16.7 Å². The molecule has 1 rings (SSSR count). The highest BCUT2D eigenvalue weighted by Crippen LogP contribution is 2.16. The molecule has 1 N–H and O–H groups in total. The van der Waals surface area contributed by atoms with Crippen LogP contribution in [0.25, 0.3) is 0 Å². The number of pyridine rings is 1. The van der Waals surface area contributed by atoms with Gasteiger partial charge in [0.05, 0.1) is 5.56 Å². The lowest BCUT2D eigenvalue weighted by atomic mass is 10.3. The van der Waals surface area contributed by atoms with E-state index in [1.165, 1.54) is 0 Å². The van der Waals surface area contributed by atoms with Gasteiger partial charge in [-0.05, 0) is 6.07 Å². The first-order valence-corrected chi connectivity index (χ1v) is 4.18. The number of hydrogen-bond donors (Lipinski definition) is 1. The molecule has 0 unspecified atom stereocenters. The van der Waals surface area contributed by atoms with Gasteiger partial charge in [-0.25, -0.2) is 18.6 Å². The summed E-state index contributed by atoms with van der Waals surface area (Å²) in [5.41, 5.74) is -0.167. The number of carboxylic acids is 1. The van der Waals surface area contributed by atoms with Crippen molar-refractivity contribution in [2.75, 3.05) is 6.61 Å². The minimum atomic E-state index is -2.65. The molecule has 82 valence electrons. The standard InChI is InChI=1S/C8H6ClF2NO3/c9-5-1-4(8(13)14)2-7(12-5)15-3-6(10)11/h1-2,6H,3H2,(H,13,14). The molecule has 0 aromatic carbocycles. The van der Waals surface area contributed by atoms with Gasteiger partial charge in [0.1, 0.15) is 5.15 Å². The fourth-order valence-electron chi connectivity index (χ4n) is 0.819. The number of hydrogen-bond acceptors (Lipinski definition) is 3. The van der Waals surface area contributed by atoms with E-state index in [1.807, 2.05) is 0 Å². The second-order valence-electron chi connectivity index (χ2n) is 2.52. The van der Waals surface area contributed by atoms with Crippen LogP contribution >= 0.6 is 11.6 Å². The maximum Gasteiger partial charge on any atom is 0.335 e. The molecule has 0 aliphatic heterocycles. The lowest BCUT2D eigenvalue weighted by Crippen LogP contribution is -2.09. The van der Waals surface area contributed by atoms with Gasteiger partial charge in [0, 0.05) is 6.07 Å². The van der Waals surface area contributed by atoms with Gasteiger partial charge in [0.2, 0.25) is 5.88 Å². The highest BCUT2D eigenvalue weighted by atomic mass is 35.5. The molecule has 0 fully saturated rings. The number of aromatic carboxylic acids is 1. The quantitative estimate of drug-likeness (QED) is 0.815. The van der Waals surface area contributed by atoms with Gasteiger partial charge < -0.3 is 9.84 Å². The molecule has 0 saturated carbocycles.